The van der Waals surface area contributed by atoms with Crippen molar-refractivity contribution in [1.82, 2.24) is 5.32 Å². The van der Waals surface area contributed by atoms with Gasteiger partial charge >= 0.3 is 0 Å². The van der Waals surface area contributed by atoms with Crippen molar-refractivity contribution in [3.63, 3.8) is 0 Å². The molecule has 1 saturated heterocycles. The van der Waals surface area contributed by atoms with Crippen LogP contribution in [0.3, 0.4) is 0 Å². The van der Waals surface area contributed by atoms with Crippen molar-refractivity contribution in [2.75, 3.05) is 12.0 Å². The van der Waals surface area contributed by atoms with Crippen molar-refractivity contribution in [1.29, 1.82) is 0 Å². The molecule has 3 atom stereocenters. The zero-order valence-electron chi connectivity index (χ0n) is 9.32. The van der Waals surface area contributed by atoms with Crippen molar-refractivity contribution < 1.29 is 8.42 Å². The highest BCUT2D eigenvalue weighted by atomic mass is 32.2. The normalized spacial score (nSPS) is 42.3. The number of hydrogen-bond acceptors (Lipinski definition) is 4. The number of nitrogens with one attached hydrogen (secondary N) is 1. The maximum atomic E-state index is 11.8. The first-order valence-electron chi connectivity index (χ1n) is 5.54. The minimum Gasteiger partial charge on any atom is -0.299 e. The molecule has 88 valence electrons. The summed E-state index contributed by atoms with van der Waals surface area (Å²) in [5.41, 5.74) is 0. The lowest BCUT2D eigenvalue weighted by molar-refractivity contribution is 0.391. The molecular weight excluding hydrogens is 230 g/mol. The Kier molecular flexibility index (Phi) is 3.07. The molecule has 3 nitrogen and oxygen atoms in total. The van der Waals surface area contributed by atoms with Crippen LogP contribution in [0, 0.1) is 0 Å². The molecule has 0 aromatic rings. The molecular formula is C10H19NO2S2. The average Bonchev–Trinajstić information content (AvgIpc) is 2.47. The monoisotopic (exact) mass is 249 g/mol. The van der Waals surface area contributed by atoms with Crippen LogP contribution in [0.5, 0.6) is 0 Å². The van der Waals surface area contributed by atoms with Gasteiger partial charge in [0.05, 0.1) is 10.1 Å². The summed E-state index contributed by atoms with van der Waals surface area (Å²) < 4.78 is 23.5. The van der Waals surface area contributed by atoms with Gasteiger partial charge in [-0.25, -0.2) is 8.42 Å². The Morgan fingerprint density at radius 3 is 2.73 bits per heavy atom. The maximum absolute atomic E-state index is 11.8. The lowest BCUT2D eigenvalue weighted by Crippen LogP contribution is -2.57. The summed E-state index contributed by atoms with van der Waals surface area (Å²) in [5, 5.41) is 3.35. The van der Waals surface area contributed by atoms with E-state index in [0.29, 0.717) is 6.04 Å². The van der Waals surface area contributed by atoms with Crippen molar-refractivity contribution in [2.24, 2.45) is 0 Å². The molecule has 2 rings (SSSR count). The first-order chi connectivity index (χ1) is 6.94. The van der Waals surface area contributed by atoms with Crippen LogP contribution < -0.4 is 5.32 Å². The minimum atomic E-state index is -2.92. The van der Waals surface area contributed by atoms with E-state index in [1.165, 1.54) is 6.26 Å². The van der Waals surface area contributed by atoms with Crippen LogP contribution in [0.1, 0.15) is 32.6 Å². The Morgan fingerprint density at radius 1 is 1.40 bits per heavy atom. The second-order valence-corrected chi connectivity index (χ2v) is 8.44. The second-order valence-electron chi connectivity index (χ2n) is 4.78. The molecule has 15 heavy (non-hydrogen) atoms. The third kappa shape index (κ3) is 2.19. The third-order valence-corrected chi connectivity index (χ3v) is 6.83. The summed E-state index contributed by atoms with van der Waals surface area (Å²) in [6, 6.07) is 0.452. The van der Waals surface area contributed by atoms with Crippen molar-refractivity contribution in [3.05, 3.63) is 0 Å². The van der Waals surface area contributed by atoms with Crippen LogP contribution in [0.15, 0.2) is 0 Å². The van der Waals surface area contributed by atoms with E-state index in [0.717, 1.165) is 31.4 Å². The molecule has 2 aliphatic rings. The van der Waals surface area contributed by atoms with Crippen LogP contribution in [0.25, 0.3) is 0 Å². The van der Waals surface area contributed by atoms with Gasteiger partial charge in [-0.3, -0.25) is 5.32 Å². The lowest BCUT2D eigenvalue weighted by Gasteiger charge is -2.41. The van der Waals surface area contributed by atoms with E-state index >= 15 is 0 Å². The minimum absolute atomic E-state index is 0.175. The number of rotatable bonds is 1. The zero-order valence-corrected chi connectivity index (χ0v) is 11.0. The zero-order chi connectivity index (χ0) is 11.1. The standard InChI is InChI=1S/C10H19NO2S2/c1-8-5-7-14-10(11-8)6-3-4-9(10)15(2,12)13/h8-9,11H,3-7H2,1-2H3. The molecule has 0 aromatic carbocycles. The fourth-order valence-corrected chi connectivity index (χ4v) is 6.70. The van der Waals surface area contributed by atoms with Crippen molar-refractivity contribution in [2.45, 2.75) is 48.8 Å². The van der Waals surface area contributed by atoms with Gasteiger partial charge in [0, 0.05) is 12.3 Å². The highest BCUT2D eigenvalue weighted by molar-refractivity contribution is 8.02. The molecule has 1 spiro atoms. The van der Waals surface area contributed by atoms with Gasteiger partial charge in [-0.1, -0.05) is 0 Å². The van der Waals surface area contributed by atoms with Gasteiger partial charge in [-0.05, 0) is 38.4 Å². The predicted octanol–water partition coefficient (Wildman–Crippen LogP) is 1.39. The van der Waals surface area contributed by atoms with Crippen LogP contribution >= 0.6 is 11.8 Å². The summed E-state index contributed by atoms with van der Waals surface area (Å²) in [6.45, 7) is 2.15. The van der Waals surface area contributed by atoms with Gasteiger partial charge in [0.2, 0.25) is 0 Å². The Labute approximate surface area is 96.3 Å². The second kappa shape index (κ2) is 3.93. The first kappa shape index (κ1) is 11.7. The molecule has 3 unspecified atom stereocenters. The molecule has 1 heterocycles. The molecule has 1 saturated carbocycles. The van der Waals surface area contributed by atoms with E-state index in [1.54, 1.807) is 0 Å². The Morgan fingerprint density at radius 2 is 2.13 bits per heavy atom. The van der Waals surface area contributed by atoms with E-state index in [1.807, 2.05) is 11.8 Å². The summed E-state index contributed by atoms with van der Waals surface area (Å²) in [5.74, 6) is 1.08. The molecule has 0 radical (unpaired) electrons. The Bertz CT molecular complexity index is 341. The largest absolute Gasteiger partial charge is 0.299 e. The first-order valence-corrected chi connectivity index (χ1v) is 8.49. The highest BCUT2D eigenvalue weighted by Gasteiger charge is 2.50. The van der Waals surface area contributed by atoms with E-state index in [4.69, 9.17) is 0 Å². The van der Waals surface area contributed by atoms with E-state index in [-0.39, 0.29) is 10.1 Å². The van der Waals surface area contributed by atoms with Gasteiger partial charge in [0.1, 0.15) is 0 Å². The summed E-state index contributed by atoms with van der Waals surface area (Å²) in [7, 11) is -2.92. The van der Waals surface area contributed by atoms with Gasteiger partial charge in [0.15, 0.2) is 9.84 Å². The molecule has 2 fully saturated rings. The number of hydrogen-bond donors (Lipinski definition) is 1. The van der Waals surface area contributed by atoms with Crippen LogP contribution in [0.4, 0.5) is 0 Å². The average molecular weight is 249 g/mol. The van der Waals surface area contributed by atoms with E-state index in [9.17, 15) is 8.42 Å². The summed E-state index contributed by atoms with van der Waals surface area (Å²) >= 11 is 1.82. The highest BCUT2D eigenvalue weighted by Crippen LogP contribution is 2.45. The predicted molar refractivity (Wildman–Crippen MR) is 64.9 cm³/mol. The number of sulfone groups is 1. The summed E-state index contributed by atoms with van der Waals surface area (Å²) in [6.07, 6.45) is 5.38. The SMILES string of the molecule is CC1CCSC2(CCCC2S(C)(=O)=O)N1. The molecule has 0 bridgehead atoms. The Hall–Kier alpha value is 0.260. The van der Waals surface area contributed by atoms with Crippen LogP contribution in [-0.2, 0) is 9.84 Å². The third-order valence-electron chi connectivity index (χ3n) is 3.45. The van der Waals surface area contributed by atoms with E-state index < -0.39 is 9.84 Å². The van der Waals surface area contributed by atoms with Crippen LogP contribution in [0.2, 0.25) is 0 Å². The molecule has 5 heteroatoms. The fourth-order valence-electron chi connectivity index (χ4n) is 2.78. The topological polar surface area (TPSA) is 46.2 Å². The molecule has 1 aliphatic heterocycles. The maximum Gasteiger partial charge on any atom is 0.152 e. The van der Waals surface area contributed by atoms with Gasteiger partial charge in [-0.2, -0.15) is 0 Å². The quantitative estimate of drug-likeness (QED) is 0.763. The lowest BCUT2D eigenvalue weighted by atomic mass is 10.1. The van der Waals surface area contributed by atoms with Crippen molar-refractivity contribution in [3.8, 4) is 0 Å². The fraction of sp³-hybridized carbons (Fsp3) is 1.00. The number of thioether (sulfide) groups is 1. The molecule has 0 amide bonds. The van der Waals surface area contributed by atoms with Gasteiger partial charge < -0.3 is 0 Å². The van der Waals surface area contributed by atoms with Gasteiger partial charge in [0.25, 0.3) is 0 Å². The summed E-state index contributed by atoms with van der Waals surface area (Å²) in [4.78, 5) is -0.175. The Balaban J connectivity index is 2.26. The molecule has 0 aromatic heterocycles. The van der Waals surface area contributed by atoms with Crippen LogP contribution in [-0.4, -0.2) is 36.6 Å². The smallest absolute Gasteiger partial charge is 0.152 e. The molecule has 1 N–H and O–H groups in total. The van der Waals surface area contributed by atoms with E-state index in [2.05, 4.69) is 12.2 Å². The van der Waals surface area contributed by atoms with Gasteiger partial charge in [-0.15, -0.1) is 11.8 Å². The molecule has 1 aliphatic carbocycles. The van der Waals surface area contributed by atoms with Crippen molar-refractivity contribution >= 4 is 21.6 Å².